The first kappa shape index (κ1) is 14.3. The van der Waals surface area contributed by atoms with Crippen LogP contribution in [0.25, 0.3) is 11.0 Å². The fourth-order valence-electron chi connectivity index (χ4n) is 2.66. The first-order valence-corrected chi connectivity index (χ1v) is 7.35. The molecule has 1 aromatic carbocycles. The quantitative estimate of drug-likeness (QED) is 0.840. The van der Waals surface area contributed by atoms with Crippen LogP contribution in [0.15, 0.2) is 24.3 Å². The van der Waals surface area contributed by atoms with E-state index in [1.165, 1.54) is 5.52 Å². The van der Waals surface area contributed by atoms with Gasteiger partial charge in [-0.3, -0.25) is 4.90 Å². The van der Waals surface area contributed by atoms with Gasteiger partial charge in [0.15, 0.2) is 4.77 Å². The van der Waals surface area contributed by atoms with E-state index in [4.69, 9.17) is 12.2 Å². The number of nitrogens with one attached hydrogen (secondary N) is 1. The van der Waals surface area contributed by atoms with E-state index in [1.807, 2.05) is 6.07 Å². The Morgan fingerprint density at radius 1 is 1.16 bits per heavy atom. The van der Waals surface area contributed by atoms with Crippen LogP contribution in [-0.4, -0.2) is 33.1 Å². The van der Waals surface area contributed by atoms with E-state index >= 15 is 0 Å². The van der Waals surface area contributed by atoms with Gasteiger partial charge in [-0.15, -0.1) is 0 Å². The zero-order valence-electron chi connectivity index (χ0n) is 12.2. The first-order chi connectivity index (χ1) is 9.00. The van der Waals surface area contributed by atoms with E-state index < -0.39 is 0 Å². The lowest BCUT2D eigenvalue weighted by molar-refractivity contribution is 0.168. The molecule has 2 rings (SSSR count). The van der Waals surface area contributed by atoms with Gasteiger partial charge in [-0.2, -0.15) is 0 Å². The van der Waals surface area contributed by atoms with Crippen molar-refractivity contribution in [3.8, 4) is 0 Å². The van der Waals surface area contributed by atoms with Crippen molar-refractivity contribution in [3.63, 3.8) is 0 Å². The highest BCUT2D eigenvalue weighted by atomic mass is 32.1. The van der Waals surface area contributed by atoms with Gasteiger partial charge in [0.1, 0.15) is 0 Å². The van der Waals surface area contributed by atoms with Gasteiger partial charge in [-0.1, -0.05) is 12.1 Å². The van der Waals surface area contributed by atoms with Gasteiger partial charge in [0.2, 0.25) is 0 Å². The highest BCUT2D eigenvalue weighted by molar-refractivity contribution is 7.71. The Kier molecular flexibility index (Phi) is 4.42. The van der Waals surface area contributed by atoms with E-state index in [1.54, 1.807) is 0 Å². The predicted octanol–water partition coefficient (Wildman–Crippen LogP) is 3.82. The van der Waals surface area contributed by atoms with E-state index in [2.05, 4.69) is 60.3 Å². The summed E-state index contributed by atoms with van der Waals surface area (Å²) in [5, 5.41) is 0. The molecule has 4 heteroatoms. The molecule has 1 N–H and O–H groups in total. The summed E-state index contributed by atoms with van der Waals surface area (Å²) in [4.78, 5) is 5.76. The Bertz CT molecular complexity index is 587. The molecule has 2 aromatic rings. The topological polar surface area (TPSA) is 24.0 Å². The van der Waals surface area contributed by atoms with Crippen LogP contribution >= 0.6 is 12.2 Å². The smallest absolute Gasteiger partial charge is 0.178 e. The molecule has 1 aromatic heterocycles. The molecule has 0 aliphatic rings. The van der Waals surface area contributed by atoms with Crippen LogP contribution in [-0.2, 0) is 6.54 Å². The number of aromatic amines is 1. The summed E-state index contributed by atoms with van der Waals surface area (Å²) in [5.41, 5.74) is 2.31. The molecular formula is C15H23N3S. The van der Waals surface area contributed by atoms with E-state index in [9.17, 15) is 0 Å². The van der Waals surface area contributed by atoms with Crippen molar-refractivity contribution in [3.05, 3.63) is 29.0 Å². The maximum absolute atomic E-state index is 5.43. The Hall–Kier alpha value is -1.13. The number of rotatable bonds is 5. The van der Waals surface area contributed by atoms with Gasteiger partial charge < -0.3 is 9.55 Å². The normalized spacial score (nSPS) is 12.2. The Labute approximate surface area is 120 Å². The minimum atomic E-state index is 0.555. The second-order valence-corrected chi connectivity index (χ2v) is 5.91. The molecule has 0 saturated heterocycles. The average molecular weight is 277 g/mol. The van der Waals surface area contributed by atoms with Gasteiger partial charge in [0, 0.05) is 25.2 Å². The molecule has 1 heterocycles. The van der Waals surface area contributed by atoms with Gasteiger partial charge in [-0.05, 0) is 52.0 Å². The van der Waals surface area contributed by atoms with Crippen molar-refractivity contribution in [1.82, 2.24) is 14.5 Å². The molecule has 0 saturated carbocycles. The number of imidazole rings is 1. The highest BCUT2D eigenvalue weighted by Gasteiger charge is 2.13. The van der Waals surface area contributed by atoms with Crippen LogP contribution in [0.1, 0.15) is 27.7 Å². The third-order valence-electron chi connectivity index (χ3n) is 3.59. The molecule has 0 amide bonds. The van der Waals surface area contributed by atoms with Crippen molar-refractivity contribution in [1.29, 1.82) is 0 Å². The Balaban J connectivity index is 2.22. The largest absolute Gasteiger partial charge is 0.331 e. The zero-order valence-corrected chi connectivity index (χ0v) is 13.0. The molecule has 0 bridgehead atoms. The lowest BCUT2D eigenvalue weighted by Crippen LogP contribution is -2.39. The van der Waals surface area contributed by atoms with Crippen molar-refractivity contribution >= 4 is 23.3 Å². The summed E-state index contributed by atoms with van der Waals surface area (Å²) >= 11 is 5.43. The van der Waals surface area contributed by atoms with E-state index in [0.717, 1.165) is 23.4 Å². The summed E-state index contributed by atoms with van der Waals surface area (Å²) < 4.78 is 3.01. The number of H-pyrrole nitrogens is 1. The summed E-state index contributed by atoms with van der Waals surface area (Å²) in [6.45, 7) is 10.9. The second-order valence-electron chi connectivity index (χ2n) is 5.52. The fourth-order valence-corrected chi connectivity index (χ4v) is 2.96. The summed E-state index contributed by atoms with van der Waals surface area (Å²) in [5.74, 6) is 0. The molecular weight excluding hydrogens is 254 g/mol. The number of benzene rings is 1. The van der Waals surface area contributed by atoms with Gasteiger partial charge in [0.25, 0.3) is 0 Å². The summed E-state index contributed by atoms with van der Waals surface area (Å²) in [6.07, 6.45) is 0. The second kappa shape index (κ2) is 5.88. The molecule has 0 atom stereocenters. The first-order valence-electron chi connectivity index (χ1n) is 6.94. The molecule has 0 aliphatic carbocycles. The predicted molar refractivity (Wildman–Crippen MR) is 84.1 cm³/mol. The third kappa shape index (κ3) is 3.07. The van der Waals surface area contributed by atoms with Crippen LogP contribution < -0.4 is 0 Å². The lowest BCUT2D eigenvalue weighted by Gasteiger charge is -2.30. The molecule has 3 nitrogen and oxygen atoms in total. The summed E-state index contributed by atoms with van der Waals surface area (Å²) in [7, 11) is 0. The zero-order chi connectivity index (χ0) is 14.0. The minimum absolute atomic E-state index is 0.555. The van der Waals surface area contributed by atoms with E-state index in [-0.39, 0.29) is 0 Å². The van der Waals surface area contributed by atoms with Gasteiger partial charge >= 0.3 is 0 Å². The number of para-hydroxylation sites is 2. The van der Waals surface area contributed by atoms with Crippen molar-refractivity contribution in [2.24, 2.45) is 0 Å². The van der Waals surface area contributed by atoms with Gasteiger partial charge in [-0.25, -0.2) is 0 Å². The van der Waals surface area contributed by atoms with Crippen LogP contribution in [0.4, 0.5) is 0 Å². The summed E-state index contributed by atoms with van der Waals surface area (Å²) in [6, 6.07) is 9.40. The third-order valence-corrected chi connectivity index (χ3v) is 3.91. The average Bonchev–Trinajstić information content (AvgIpc) is 2.65. The number of fused-ring (bicyclic) bond motifs is 1. The van der Waals surface area contributed by atoms with Gasteiger partial charge in [0.05, 0.1) is 11.0 Å². The maximum atomic E-state index is 5.43. The molecule has 0 spiro atoms. The lowest BCUT2D eigenvalue weighted by atomic mass is 10.2. The number of aromatic nitrogens is 2. The van der Waals surface area contributed by atoms with Crippen LogP contribution in [0.3, 0.4) is 0 Å². The van der Waals surface area contributed by atoms with Crippen molar-refractivity contribution < 1.29 is 0 Å². The Morgan fingerprint density at radius 3 is 2.42 bits per heavy atom. The fraction of sp³-hybridized carbons (Fsp3) is 0.533. The highest BCUT2D eigenvalue weighted by Crippen LogP contribution is 2.14. The number of nitrogens with zero attached hydrogens (tertiary/aromatic N) is 2. The molecule has 0 aliphatic heterocycles. The molecule has 0 fully saturated rings. The maximum Gasteiger partial charge on any atom is 0.178 e. The standard InChI is InChI=1S/C15H23N3S/c1-11(2)17(12(3)4)9-10-18-14-8-6-5-7-13(14)16-15(18)19/h5-8,11-12H,9-10H2,1-4H3,(H,16,19). The monoisotopic (exact) mass is 277 g/mol. The molecule has 104 valence electrons. The van der Waals surface area contributed by atoms with Crippen molar-refractivity contribution in [2.45, 2.75) is 46.3 Å². The Morgan fingerprint density at radius 2 is 1.79 bits per heavy atom. The molecule has 0 unspecified atom stereocenters. The van der Waals surface area contributed by atoms with Crippen LogP contribution in [0, 0.1) is 4.77 Å². The minimum Gasteiger partial charge on any atom is -0.331 e. The number of hydrogen-bond donors (Lipinski definition) is 1. The number of hydrogen-bond acceptors (Lipinski definition) is 2. The van der Waals surface area contributed by atoms with Crippen LogP contribution in [0.5, 0.6) is 0 Å². The SMILES string of the molecule is CC(C)N(CCn1c(=S)[nH]c2ccccc21)C(C)C. The van der Waals surface area contributed by atoms with Crippen molar-refractivity contribution in [2.75, 3.05) is 6.54 Å². The molecule has 0 radical (unpaired) electrons. The van der Waals surface area contributed by atoms with E-state index in [0.29, 0.717) is 12.1 Å². The molecule has 19 heavy (non-hydrogen) atoms. The van der Waals surface area contributed by atoms with Crippen LogP contribution in [0.2, 0.25) is 0 Å².